The molecule has 0 saturated carbocycles. The van der Waals surface area contributed by atoms with Gasteiger partial charge in [0.2, 0.25) is 0 Å². The molecule has 13 heteroatoms. The van der Waals surface area contributed by atoms with Gasteiger partial charge in [-0.25, -0.2) is 0 Å². The van der Waals surface area contributed by atoms with E-state index in [9.17, 15) is 4.79 Å². The van der Waals surface area contributed by atoms with Crippen molar-refractivity contribution < 1.29 is 15.0 Å². The van der Waals surface area contributed by atoms with Crippen molar-refractivity contribution in [2.24, 2.45) is 0 Å². The quantitative estimate of drug-likeness (QED) is 0.189. The number of carboxylic acids is 1. The molecule has 160 valence electrons. The van der Waals surface area contributed by atoms with Gasteiger partial charge in [0.05, 0.1) is 36.5 Å². The molecule has 2 rings (SSSR count). The summed E-state index contributed by atoms with van der Waals surface area (Å²) >= 11 is 12.7. The van der Waals surface area contributed by atoms with Crippen molar-refractivity contribution in [1.29, 1.82) is 0 Å². The molecule has 0 heterocycles. The third-order valence-electron chi connectivity index (χ3n) is 3.70. The standard InChI is InChI=1S/C9H9I3N2O2.C7H7I3N2O/c10-5-3(1-2-4(15)16)6(11)9(14)7(12)8(5)13;8-3-2(1-13)4(9)7(12)5(10)6(3)11/h1-2,13-14H2,(H,15,16);13H,1,11-12H2. The second-order valence-electron chi connectivity index (χ2n) is 5.55. The average Bonchev–Trinajstić information content (AvgIpc) is 2.68. The van der Waals surface area contributed by atoms with Crippen LogP contribution in [0.1, 0.15) is 17.5 Å². The van der Waals surface area contributed by atoms with Gasteiger partial charge in [-0.2, -0.15) is 0 Å². The molecule has 0 amide bonds. The minimum atomic E-state index is -0.817. The lowest BCUT2D eigenvalue weighted by atomic mass is 10.1. The lowest BCUT2D eigenvalue weighted by Gasteiger charge is -2.14. The van der Waals surface area contributed by atoms with Crippen molar-refractivity contribution >= 4 is 164 Å². The number of nitrogens with two attached hydrogens (primary N) is 4. The van der Waals surface area contributed by atoms with Crippen LogP contribution in [0.25, 0.3) is 0 Å². The first-order chi connectivity index (χ1) is 13.4. The highest BCUT2D eigenvalue weighted by Gasteiger charge is 2.17. The van der Waals surface area contributed by atoms with Crippen LogP contribution in [0, 0.1) is 21.4 Å². The number of carboxylic acid groups (broad SMARTS) is 1. The number of aliphatic hydroxyl groups is 1. The summed E-state index contributed by atoms with van der Waals surface area (Å²) in [6.45, 7) is -0.0259. The Bertz CT molecular complexity index is 897. The van der Waals surface area contributed by atoms with Crippen LogP contribution in [-0.4, -0.2) is 16.2 Å². The van der Waals surface area contributed by atoms with Crippen molar-refractivity contribution in [2.45, 2.75) is 19.4 Å². The number of halogens is 6. The molecule has 0 fully saturated rings. The molecule has 0 aromatic heterocycles. The van der Waals surface area contributed by atoms with E-state index in [4.69, 9.17) is 33.1 Å². The van der Waals surface area contributed by atoms with Crippen LogP contribution in [0.15, 0.2) is 0 Å². The van der Waals surface area contributed by atoms with E-state index in [1.165, 1.54) is 0 Å². The van der Waals surface area contributed by atoms with Gasteiger partial charge in [0, 0.05) is 26.3 Å². The first-order valence-corrected chi connectivity index (χ1v) is 14.1. The minimum absolute atomic E-state index is 0.0259. The van der Waals surface area contributed by atoms with Crippen molar-refractivity contribution in [3.8, 4) is 0 Å². The molecule has 0 aliphatic rings. The van der Waals surface area contributed by atoms with Crippen molar-refractivity contribution in [3.05, 3.63) is 32.5 Å². The summed E-state index contributed by atoms with van der Waals surface area (Å²) in [5, 5.41) is 17.8. The van der Waals surface area contributed by atoms with Gasteiger partial charge in [-0.1, -0.05) is 0 Å². The number of benzene rings is 2. The van der Waals surface area contributed by atoms with Crippen molar-refractivity contribution in [1.82, 2.24) is 0 Å². The monoisotopic (exact) mass is 1070 g/mol. The lowest BCUT2D eigenvalue weighted by Crippen LogP contribution is -2.08. The van der Waals surface area contributed by atoms with E-state index in [1.54, 1.807) is 0 Å². The number of anilines is 4. The second kappa shape index (κ2) is 12.6. The molecular weight excluding hydrogens is 1060 g/mol. The molecule has 0 aliphatic carbocycles. The second-order valence-corrected chi connectivity index (χ2v) is 12.0. The number of hydrogen-bond acceptors (Lipinski definition) is 6. The van der Waals surface area contributed by atoms with Gasteiger partial charge < -0.3 is 33.1 Å². The Morgan fingerprint density at radius 1 is 0.655 bits per heavy atom. The van der Waals surface area contributed by atoms with Crippen LogP contribution >= 0.6 is 136 Å². The molecule has 0 aliphatic heterocycles. The normalized spacial score (nSPS) is 10.4. The van der Waals surface area contributed by atoms with E-state index in [-0.39, 0.29) is 13.0 Å². The van der Waals surface area contributed by atoms with Gasteiger partial charge in [-0.15, -0.1) is 0 Å². The SMILES string of the molecule is Nc1c(I)c(N)c(I)c(CCC(=O)O)c1I.Nc1c(I)c(N)c(I)c(CO)c1I. The predicted molar refractivity (Wildman–Crippen MR) is 169 cm³/mol. The first-order valence-electron chi connectivity index (χ1n) is 7.59. The Hall–Kier alpha value is 1.45. The minimum Gasteiger partial charge on any atom is -0.481 e. The third-order valence-corrected chi connectivity index (χ3v) is 11.0. The fraction of sp³-hybridized carbons (Fsp3) is 0.188. The Morgan fingerprint density at radius 2 is 0.966 bits per heavy atom. The maximum absolute atomic E-state index is 10.6. The maximum atomic E-state index is 10.6. The van der Waals surface area contributed by atoms with E-state index < -0.39 is 5.97 Å². The van der Waals surface area contributed by atoms with Gasteiger partial charge >= 0.3 is 5.97 Å². The van der Waals surface area contributed by atoms with Crippen LogP contribution in [-0.2, 0) is 17.8 Å². The summed E-state index contributed by atoms with van der Waals surface area (Å²) in [6, 6.07) is 0. The van der Waals surface area contributed by atoms with E-state index in [1.807, 2.05) is 0 Å². The molecule has 0 spiro atoms. The Morgan fingerprint density at radius 3 is 1.24 bits per heavy atom. The van der Waals surface area contributed by atoms with E-state index in [2.05, 4.69) is 136 Å². The molecular formula is C16H16I6N4O3. The number of hydrogen-bond donors (Lipinski definition) is 6. The number of carbonyl (C=O) groups is 1. The van der Waals surface area contributed by atoms with Gasteiger partial charge in [-0.3, -0.25) is 4.79 Å². The molecule has 0 bridgehead atoms. The highest BCUT2D eigenvalue weighted by molar-refractivity contribution is 14.1. The zero-order chi connectivity index (χ0) is 22.6. The Labute approximate surface area is 250 Å². The van der Waals surface area contributed by atoms with Crippen LogP contribution in [0.2, 0.25) is 0 Å². The van der Waals surface area contributed by atoms with E-state index in [0.717, 1.165) is 32.5 Å². The zero-order valence-electron chi connectivity index (χ0n) is 14.5. The van der Waals surface area contributed by atoms with Crippen LogP contribution in [0.5, 0.6) is 0 Å². The Kier molecular flexibility index (Phi) is 12.4. The zero-order valence-corrected chi connectivity index (χ0v) is 27.4. The first kappa shape index (κ1) is 28.5. The summed E-state index contributed by atoms with van der Waals surface area (Å²) in [7, 11) is 0. The molecule has 0 radical (unpaired) electrons. The molecule has 0 unspecified atom stereocenters. The number of rotatable bonds is 4. The lowest BCUT2D eigenvalue weighted by molar-refractivity contribution is -0.136. The summed E-state index contributed by atoms with van der Waals surface area (Å²) in [5.74, 6) is -0.817. The van der Waals surface area contributed by atoms with Gasteiger partial charge in [0.25, 0.3) is 0 Å². The Balaban J connectivity index is 0.000000296. The molecule has 0 atom stereocenters. The topological polar surface area (TPSA) is 162 Å². The highest BCUT2D eigenvalue weighted by Crippen LogP contribution is 2.36. The van der Waals surface area contributed by atoms with Gasteiger partial charge in [-0.05, 0) is 148 Å². The number of nitrogen functional groups attached to an aromatic ring is 4. The largest absolute Gasteiger partial charge is 0.481 e. The maximum Gasteiger partial charge on any atom is 0.303 e. The van der Waals surface area contributed by atoms with Crippen LogP contribution in [0.3, 0.4) is 0 Å². The van der Waals surface area contributed by atoms with Crippen LogP contribution < -0.4 is 22.9 Å². The van der Waals surface area contributed by atoms with Gasteiger partial charge in [0.1, 0.15) is 0 Å². The van der Waals surface area contributed by atoms with E-state index in [0.29, 0.717) is 29.2 Å². The number of aliphatic hydroxyl groups excluding tert-OH is 1. The predicted octanol–water partition coefficient (Wildman–Crippen LogP) is 4.84. The van der Waals surface area contributed by atoms with Crippen molar-refractivity contribution in [3.63, 3.8) is 0 Å². The highest BCUT2D eigenvalue weighted by atomic mass is 127. The number of aliphatic carboxylic acids is 1. The van der Waals surface area contributed by atoms with Crippen LogP contribution in [0.4, 0.5) is 22.7 Å². The molecule has 2 aromatic carbocycles. The smallest absolute Gasteiger partial charge is 0.303 e. The molecule has 0 saturated heterocycles. The molecule has 2 aromatic rings. The summed E-state index contributed by atoms with van der Waals surface area (Å²) < 4.78 is 5.30. The van der Waals surface area contributed by atoms with Crippen molar-refractivity contribution in [2.75, 3.05) is 22.9 Å². The van der Waals surface area contributed by atoms with E-state index >= 15 is 0 Å². The fourth-order valence-corrected chi connectivity index (χ4v) is 9.32. The third kappa shape index (κ3) is 6.96. The summed E-state index contributed by atoms with van der Waals surface area (Å²) in [6.07, 6.45) is 0.544. The summed E-state index contributed by atoms with van der Waals surface area (Å²) in [4.78, 5) is 10.6. The molecule has 10 N–H and O–H groups in total. The molecule has 7 nitrogen and oxygen atoms in total. The van der Waals surface area contributed by atoms with Gasteiger partial charge in [0.15, 0.2) is 0 Å². The molecule has 29 heavy (non-hydrogen) atoms. The summed E-state index contributed by atoms with van der Waals surface area (Å²) in [5.41, 5.74) is 27.8. The fourth-order valence-electron chi connectivity index (χ4n) is 2.11. The average molecular weight is 1070 g/mol.